The van der Waals surface area contributed by atoms with Gasteiger partial charge >= 0.3 is 6.18 Å². The smallest absolute Gasteiger partial charge is 0.330 e. The Morgan fingerprint density at radius 3 is 2.45 bits per heavy atom. The maximum atomic E-state index is 12.6. The molecular weight excluding hydrogens is 265 g/mol. The van der Waals surface area contributed by atoms with E-state index in [1.165, 1.54) is 0 Å². The summed E-state index contributed by atoms with van der Waals surface area (Å²) in [6, 6.07) is 5.47. The lowest BCUT2D eigenvalue weighted by molar-refractivity contribution is -0.137. The highest BCUT2D eigenvalue weighted by molar-refractivity contribution is 5.28. The average Bonchev–Trinajstić information content (AvgIpc) is 2.39. The molecule has 5 heteroatoms. The normalized spacial score (nSPS) is 22.8. The van der Waals surface area contributed by atoms with E-state index in [0.717, 1.165) is 43.6 Å². The second-order valence-electron chi connectivity index (χ2n) is 5.63. The van der Waals surface area contributed by atoms with Crippen LogP contribution in [0.3, 0.4) is 0 Å². The lowest BCUT2D eigenvalue weighted by Gasteiger charge is -2.35. The molecule has 0 amide bonds. The lowest BCUT2D eigenvalue weighted by atomic mass is 9.81. The highest BCUT2D eigenvalue weighted by Crippen LogP contribution is 2.33. The number of hydrogen-bond donors (Lipinski definition) is 1. The molecule has 112 valence electrons. The Bertz CT molecular complexity index is 428. The van der Waals surface area contributed by atoms with Crippen LogP contribution in [-0.2, 0) is 6.18 Å². The molecule has 1 aliphatic rings. The summed E-state index contributed by atoms with van der Waals surface area (Å²) in [5.74, 6) is 0.565. The molecule has 0 spiro atoms. The molecule has 2 unspecified atom stereocenters. The number of nitrogens with two attached hydrogens (primary N) is 1. The van der Waals surface area contributed by atoms with Crippen LogP contribution in [0.15, 0.2) is 24.3 Å². The van der Waals surface area contributed by atoms with Gasteiger partial charge in [0.05, 0.1) is 5.56 Å². The maximum Gasteiger partial charge on any atom is 0.416 e. The third-order valence-electron chi connectivity index (χ3n) is 4.15. The molecule has 2 N–H and O–H groups in total. The predicted molar refractivity (Wildman–Crippen MR) is 73.5 cm³/mol. The van der Waals surface area contributed by atoms with Crippen LogP contribution in [-0.4, -0.2) is 31.6 Å². The second kappa shape index (κ2) is 6.14. The Labute approximate surface area is 117 Å². The monoisotopic (exact) mass is 286 g/mol. The Morgan fingerprint density at radius 1 is 1.30 bits per heavy atom. The van der Waals surface area contributed by atoms with Gasteiger partial charge in [-0.2, -0.15) is 13.2 Å². The summed E-state index contributed by atoms with van der Waals surface area (Å²) in [6.07, 6.45) is -2.06. The fourth-order valence-corrected chi connectivity index (χ4v) is 3.05. The van der Waals surface area contributed by atoms with Gasteiger partial charge in [0.25, 0.3) is 0 Å². The van der Waals surface area contributed by atoms with Gasteiger partial charge in [-0.3, -0.25) is 0 Å². The van der Waals surface area contributed by atoms with Crippen molar-refractivity contribution in [1.82, 2.24) is 4.90 Å². The standard InChI is InChI=1S/C15H21F3N2/c1-20-8-2-3-12(10-20)14(9-19)11-4-6-13(7-5-11)15(16,17)18/h4-7,12,14H,2-3,8-10,19H2,1H3. The molecule has 0 bridgehead atoms. The molecule has 1 aliphatic heterocycles. The first kappa shape index (κ1) is 15.3. The van der Waals surface area contributed by atoms with Crippen LogP contribution >= 0.6 is 0 Å². The summed E-state index contributed by atoms with van der Waals surface area (Å²) in [5, 5.41) is 0. The van der Waals surface area contributed by atoms with Gasteiger partial charge in [0.1, 0.15) is 0 Å². The molecular formula is C15H21F3N2. The van der Waals surface area contributed by atoms with Crippen molar-refractivity contribution in [2.24, 2.45) is 11.7 Å². The van der Waals surface area contributed by atoms with Crippen LogP contribution < -0.4 is 5.73 Å². The minimum Gasteiger partial charge on any atom is -0.330 e. The largest absolute Gasteiger partial charge is 0.416 e. The predicted octanol–water partition coefficient (Wildman–Crippen LogP) is 3.09. The van der Waals surface area contributed by atoms with Crippen molar-refractivity contribution in [3.63, 3.8) is 0 Å². The van der Waals surface area contributed by atoms with Crippen molar-refractivity contribution < 1.29 is 13.2 Å². The zero-order valence-corrected chi connectivity index (χ0v) is 11.7. The molecule has 0 saturated carbocycles. The Kier molecular flexibility index (Phi) is 4.70. The maximum absolute atomic E-state index is 12.6. The van der Waals surface area contributed by atoms with E-state index < -0.39 is 11.7 Å². The van der Waals surface area contributed by atoms with Gasteiger partial charge in [-0.05, 0) is 56.6 Å². The average molecular weight is 286 g/mol. The highest BCUT2D eigenvalue weighted by atomic mass is 19.4. The number of hydrogen-bond acceptors (Lipinski definition) is 2. The molecule has 20 heavy (non-hydrogen) atoms. The van der Waals surface area contributed by atoms with Crippen LogP contribution in [0.4, 0.5) is 13.2 Å². The van der Waals surface area contributed by atoms with Crippen LogP contribution in [0, 0.1) is 5.92 Å². The van der Waals surface area contributed by atoms with Gasteiger partial charge in [-0.1, -0.05) is 12.1 Å². The third-order valence-corrected chi connectivity index (χ3v) is 4.15. The number of nitrogens with zero attached hydrogens (tertiary/aromatic N) is 1. The zero-order valence-electron chi connectivity index (χ0n) is 11.7. The molecule has 1 fully saturated rings. The van der Waals surface area contributed by atoms with E-state index >= 15 is 0 Å². The van der Waals surface area contributed by atoms with E-state index in [0.29, 0.717) is 12.5 Å². The molecule has 2 rings (SSSR count). The SMILES string of the molecule is CN1CCCC(C(CN)c2ccc(C(F)(F)F)cc2)C1. The van der Waals surface area contributed by atoms with Crippen molar-refractivity contribution in [1.29, 1.82) is 0 Å². The first-order valence-corrected chi connectivity index (χ1v) is 6.97. The molecule has 1 saturated heterocycles. The van der Waals surface area contributed by atoms with E-state index in [9.17, 15) is 13.2 Å². The summed E-state index contributed by atoms with van der Waals surface area (Å²) >= 11 is 0. The van der Waals surface area contributed by atoms with E-state index in [-0.39, 0.29) is 5.92 Å². The highest BCUT2D eigenvalue weighted by Gasteiger charge is 2.31. The summed E-state index contributed by atoms with van der Waals surface area (Å²) in [4.78, 5) is 2.26. The topological polar surface area (TPSA) is 29.3 Å². The Morgan fingerprint density at radius 2 is 1.95 bits per heavy atom. The summed E-state index contributed by atoms with van der Waals surface area (Å²) in [7, 11) is 2.08. The summed E-state index contributed by atoms with van der Waals surface area (Å²) in [5.41, 5.74) is 6.18. The van der Waals surface area contributed by atoms with E-state index in [2.05, 4.69) is 11.9 Å². The van der Waals surface area contributed by atoms with Crippen LogP contribution in [0.5, 0.6) is 0 Å². The zero-order chi connectivity index (χ0) is 14.8. The van der Waals surface area contributed by atoms with Crippen molar-refractivity contribution >= 4 is 0 Å². The number of alkyl halides is 3. The third kappa shape index (κ3) is 3.52. The quantitative estimate of drug-likeness (QED) is 0.925. The minimum absolute atomic E-state index is 0.139. The van der Waals surface area contributed by atoms with Crippen molar-refractivity contribution in [2.45, 2.75) is 24.9 Å². The van der Waals surface area contributed by atoms with E-state index in [4.69, 9.17) is 5.73 Å². The number of halogens is 3. The van der Waals surface area contributed by atoms with Gasteiger partial charge in [-0.15, -0.1) is 0 Å². The van der Waals surface area contributed by atoms with Crippen LogP contribution in [0.1, 0.15) is 29.9 Å². The molecule has 0 aromatic heterocycles. The number of likely N-dealkylation sites (tertiary alicyclic amines) is 1. The summed E-state index contributed by atoms with van der Waals surface area (Å²) < 4.78 is 37.7. The molecule has 1 aromatic carbocycles. The molecule has 0 aliphatic carbocycles. The lowest BCUT2D eigenvalue weighted by Crippen LogP contribution is -2.37. The van der Waals surface area contributed by atoms with E-state index in [1.807, 2.05) is 0 Å². The van der Waals surface area contributed by atoms with E-state index in [1.54, 1.807) is 12.1 Å². The number of piperidine rings is 1. The Hall–Kier alpha value is -1.07. The van der Waals surface area contributed by atoms with Crippen molar-refractivity contribution in [2.75, 3.05) is 26.7 Å². The summed E-state index contributed by atoms with van der Waals surface area (Å²) in [6.45, 7) is 2.52. The fourth-order valence-electron chi connectivity index (χ4n) is 3.05. The molecule has 2 nitrogen and oxygen atoms in total. The Balaban J connectivity index is 2.15. The molecule has 0 radical (unpaired) electrons. The number of benzene rings is 1. The molecule has 2 atom stereocenters. The van der Waals surface area contributed by atoms with Crippen molar-refractivity contribution in [3.8, 4) is 0 Å². The minimum atomic E-state index is -4.28. The van der Waals surface area contributed by atoms with Gasteiger partial charge in [-0.25, -0.2) is 0 Å². The first-order valence-electron chi connectivity index (χ1n) is 6.97. The first-order chi connectivity index (χ1) is 9.41. The van der Waals surface area contributed by atoms with Gasteiger partial charge in [0, 0.05) is 12.5 Å². The second-order valence-corrected chi connectivity index (χ2v) is 5.63. The van der Waals surface area contributed by atoms with Gasteiger partial charge in [0.15, 0.2) is 0 Å². The van der Waals surface area contributed by atoms with Gasteiger partial charge < -0.3 is 10.6 Å². The fraction of sp³-hybridized carbons (Fsp3) is 0.600. The molecule has 1 heterocycles. The van der Waals surface area contributed by atoms with Gasteiger partial charge in [0.2, 0.25) is 0 Å². The van der Waals surface area contributed by atoms with Crippen LogP contribution in [0.2, 0.25) is 0 Å². The van der Waals surface area contributed by atoms with Crippen LogP contribution in [0.25, 0.3) is 0 Å². The number of rotatable bonds is 3. The van der Waals surface area contributed by atoms with Crippen molar-refractivity contribution in [3.05, 3.63) is 35.4 Å². The molecule has 1 aromatic rings.